The van der Waals surface area contributed by atoms with Gasteiger partial charge in [0.05, 0.1) is 16.8 Å². The summed E-state index contributed by atoms with van der Waals surface area (Å²) in [5.74, 6) is -0.426. The van der Waals surface area contributed by atoms with Gasteiger partial charge in [-0.1, -0.05) is 18.2 Å². The molecule has 2 aromatic carbocycles. The van der Waals surface area contributed by atoms with Crippen LogP contribution in [-0.4, -0.2) is 28.3 Å². The SMILES string of the molecule is Cc1cnc(CCNC(=O)c2ccccc2NC(=O)c2cccc(C(F)(F)F)c2)[nH]1. The maximum absolute atomic E-state index is 12.9. The average Bonchev–Trinajstić information content (AvgIpc) is 3.13. The van der Waals surface area contributed by atoms with Crippen molar-refractivity contribution in [2.75, 3.05) is 11.9 Å². The summed E-state index contributed by atoms with van der Waals surface area (Å²) in [5, 5.41) is 5.25. The Balaban J connectivity index is 1.68. The average molecular weight is 416 g/mol. The fraction of sp³-hybridized carbons (Fsp3) is 0.190. The molecule has 6 nitrogen and oxygen atoms in total. The summed E-state index contributed by atoms with van der Waals surface area (Å²) in [4.78, 5) is 32.2. The Morgan fingerprint density at radius 2 is 1.83 bits per heavy atom. The molecule has 3 N–H and O–H groups in total. The molecule has 0 atom stereocenters. The number of anilines is 1. The number of para-hydroxylation sites is 1. The van der Waals surface area contributed by atoms with Gasteiger partial charge in [0.15, 0.2) is 0 Å². The Bertz CT molecular complexity index is 1060. The third-order valence-corrected chi connectivity index (χ3v) is 4.27. The first kappa shape index (κ1) is 21.1. The lowest BCUT2D eigenvalue weighted by Crippen LogP contribution is -2.27. The number of benzene rings is 2. The van der Waals surface area contributed by atoms with E-state index in [2.05, 4.69) is 20.6 Å². The van der Waals surface area contributed by atoms with Crippen LogP contribution in [0.3, 0.4) is 0 Å². The monoisotopic (exact) mass is 416 g/mol. The third-order valence-electron chi connectivity index (χ3n) is 4.27. The molecule has 1 heterocycles. The largest absolute Gasteiger partial charge is 0.416 e. The van der Waals surface area contributed by atoms with Crippen molar-refractivity contribution in [1.29, 1.82) is 0 Å². The zero-order chi connectivity index (χ0) is 21.7. The predicted octanol–water partition coefficient (Wildman–Crippen LogP) is 3.96. The molecule has 0 fully saturated rings. The molecule has 30 heavy (non-hydrogen) atoms. The lowest BCUT2D eigenvalue weighted by Gasteiger charge is -2.12. The van der Waals surface area contributed by atoms with E-state index in [-0.39, 0.29) is 16.8 Å². The number of halogens is 3. The highest BCUT2D eigenvalue weighted by Gasteiger charge is 2.31. The molecular formula is C21H19F3N4O2. The van der Waals surface area contributed by atoms with Crippen molar-refractivity contribution >= 4 is 17.5 Å². The summed E-state index contributed by atoms with van der Waals surface area (Å²) < 4.78 is 38.6. The van der Waals surface area contributed by atoms with Crippen molar-refractivity contribution in [3.63, 3.8) is 0 Å². The molecule has 2 amide bonds. The van der Waals surface area contributed by atoms with E-state index in [4.69, 9.17) is 0 Å². The second-order valence-electron chi connectivity index (χ2n) is 6.60. The maximum Gasteiger partial charge on any atom is 0.416 e. The first-order valence-corrected chi connectivity index (χ1v) is 9.10. The van der Waals surface area contributed by atoms with Gasteiger partial charge < -0.3 is 15.6 Å². The molecule has 1 aromatic heterocycles. The van der Waals surface area contributed by atoms with E-state index < -0.39 is 23.6 Å². The first-order valence-electron chi connectivity index (χ1n) is 9.10. The second kappa shape index (κ2) is 8.81. The van der Waals surface area contributed by atoms with Gasteiger partial charge in [-0.15, -0.1) is 0 Å². The van der Waals surface area contributed by atoms with Gasteiger partial charge in [-0.05, 0) is 37.3 Å². The number of carbonyl (C=O) groups excluding carboxylic acids is 2. The summed E-state index contributed by atoms with van der Waals surface area (Å²) in [5.41, 5.74) is 0.237. The van der Waals surface area contributed by atoms with Gasteiger partial charge in [0.25, 0.3) is 11.8 Å². The minimum atomic E-state index is -4.55. The van der Waals surface area contributed by atoms with E-state index >= 15 is 0 Å². The summed E-state index contributed by atoms with van der Waals surface area (Å²) in [6, 6.07) is 10.4. The molecule has 9 heteroatoms. The number of aromatic nitrogens is 2. The molecule has 0 saturated carbocycles. The van der Waals surface area contributed by atoms with Crippen molar-refractivity contribution in [3.05, 3.63) is 82.9 Å². The first-order chi connectivity index (χ1) is 14.2. The van der Waals surface area contributed by atoms with Crippen LogP contribution in [0.2, 0.25) is 0 Å². The van der Waals surface area contributed by atoms with Crippen molar-refractivity contribution in [2.24, 2.45) is 0 Å². The smallest absolute Gasteiger partial charge is 0.352 e. The van der Waals surface area contributed by atoms with Crippen molar-refractivity contribution < 1.29 is 22.8 Å². The van der Waals surface area contributed by atoms with Gasteiger partial charge in [0.1, 0.15) is 5.82 Å². The van der Waals surface area contributed by atoms with Crippen molar-refractivity contribution in [3.8, 4) is 0 Å². The van der Waals surface area contributed by atoms with E-state index in [1.54, 1.807) is 18.3 Å². The van der Waals surface area contributed by atoms with Crippen LogP contribution in [0.4, 0.5) is 18.9 Å². The van der Waals surface area contributed by atoms with Gasteiger partial charge >= 0.3 is 6.18 Å². The molecule has 0 saturated heterocycles. The van der Waals surface area contributed by atoms with Gasteiger partial charge in [-0.2, -0.15) is 13.2 Å². The molecule has 0 spiro atoms. The highest BCUT2D eigenvalue weighted by atomic mass is 19.4. The number of carbonyl (C=O) groups is 2. The number of rotatable bonds is 6. The summed E-state index contributed by atoms with van der Waals surface area (Å²) in [7, 11) is 0. The molecule has 3 rings (SSSR count). The highest BCUT2D eigenvalue weighted by molar-refractivity contribution is 6.09. The molecule has 0 unspecified atom stereocenters. The van der Waals surface area contributed by atoms with Gasteiger partial charge in [-0.25, -0.2) is 4.98 Å². The van der Waals surface area contributed by atoms with E-state index in [1.165, 1.54) is 18.2 Å². The van der Waals surface area contributed by atoms with Crippen LogP contribution in [-0.2, 0) is 12.6 Å². The van der Waals surface area contributed by atoms with Gasteiger partial charge in [0, 0.05) is 30.4 Å². The molecule has 0 bridgehead atoms. The van der Waals surface area contributed by atoms with E-state index in [1.807, 2.05) is 6.92 Å². The minimum Gasteiger partial charge on any atom is -0.352 e. The number of hydrogen-bond donors (Lipinski definition) is 3. The topological polar surface area (TPSA) is 86.9 Å². The maximum atomic E-state index is 12.9. The minimum absolute atomic E-state index is 0.159. The molecule has 0 aliphatic rings. The molecule has 156 valence electrons. The fourth-order valence-electron chi connectivity index (χ4n) is 2.80. The number of nitrogens with zero attached hydrogens (tertiary/aromatic N) is 1. The lowest BCUT2D eigenvalue weighted by atomic mass is 10.1. The van der Waals surface area contributed by atoms with Crippen LogP contribution in [0, 0.1) is 6.92 Å². The van der Waals surface area contributed by atoms with Crippen molar-refractivity contribution in [1.82, 2.24) is 15.3 Å². The molecule has 3 aromatic rings. The van der Waals surface area contributed by atoms with Crippen molar-refractivity contribution in [2.45, 2.75) is 19.5 Å². The Hall–Kier alpha value is -3.62. The number of amides is 2. The van der Waals surface area contributed by atoms with Crippen LogP contribution in [0.5, 0.6) is 0 Å². The van der Waals surface area contributed by atoms with Crippen LogP contribution >= 0.6 is 0 Å². The number of H-pyrrole nitrogens is 1. The normalized spacial score (nSPS) is 11.2. The predicted molar refractivity (Wildman–Crippen MR) is 105 cm³/mol. The summed E-state index contributed by atoms with van der Waals surface area (Å²) in [6.07, 6.45) is -2.37. The molecule has 0 radical (unpaired) electrons. The van der Waals surface area contributed by atoms with Gasteiger partial charge in [-0.3, -0.25) is 9.59 Å². The van der Waals surface area contributed by atoms with E-state index in [0.29, 0.717) is 13.0 Å². The number of aromatic amines is 1. The lowest BCUT2D eigenvalue weighted by molar-refractivity contribution is -0.137. The number of alkyl halides is 3. The van der Waals surface area contributed by atoms with Crippen LogP contribution in [0.25, 0.3) is 0 Å². The number of imidazole rings is 1. The zero-order valence-electron chi connectivity index (χ0n) is 16.0. The quantitative estimate of drug-likeness (QED) is 0.569. The zero-order valence-corrected chi connectivity index (χ0v) is 16.0. The second-order valence-corrected chi connectivity index (χ2v) is 6.60. The standard InChI is InChI=1S/C21H19F3N4O2/c1-13-12-26-18(27-13)9-10-25-20(30)16-7-2-3-8-17(16)28-19(29)14-5-4-6-15(11-14)21(22,23)24/h2-8,11-12H,9-10H2,1H3,(H,25,30)(H,26,27)(H,28,29). The summed E-state index contributed by atoms with van der Waals surface area (Å²) >= 11 is 0. The Labute approximate surface area is 170 Å². The fourth-order valence-corrected chi connectivity index (χ4v) is 2.80. The van der Waals surface area contributed by atoms with E-state index in [9.17, 15) is 22.8 Å². The van der Waals surface area contributed by atoms with Crippen LogP contribution < -0.4 is 10.6 Å². The number of aryl methyl sites for hydroxylation is 1. The molecule has 0 aliphatic heterocycles. The number of nitrogens with one attached hydrogen (secondary N) is 3. The van der Waals surface area contributed by atoms with Crippen LogP contribution in [0.1, 0.15) is 37.8 Å². The van der Waals surface area contributed by atoms with Gasteiger partial charge in [0.2, 0.25) is 0 Å². The highest BCUT2D eigenvalue weighted by Crippen LogP contribution is 2.29. The van der Waals surface area contributed by atoms with E-state index in [0.717, 1.165) is 29.7 Å². The Morgan fingerprint density at radius 1 is 1.07 bits per heavy atom. The van der Waals surface area contributed by atoms with Crippen LogP contribution in [0.15, 0.2) is 54.7 Å². The number of hydrogen-bond acceptors (Lipinski definition) is 3. The summed E-state index contributed by atoms with van der Waals surface area (Å²) in [6.45, 7) is 2.19. The molecule has 0 aliphatic carbocycles. The Morgan fingerprint density at radius 3 is 2.53 bits per heavy atom. The third kappa shape index (κ3) is 5.25. The molecular weight excluding hydrogens is 397 g/mol. The Kier molecular flexibility index (Phi) is 6.20.